The Morgan fingerprint density at radius 2 is 0.812 bits per heavy atom. The predicted octanol–water partition coefficient (Wildman–Crippen LogP) is 9.90. The molecule has 0 amide bonds. The van der Waals surface area contributed by atoms with Crippen molar-refractivity contribution in [1.82, 2.24) is 4.48 Å². The van der Waals surface area contributed by atoms with Gasteiger partial charge in [-0.15, -0.1) is 0 Å². The molecule has 0 spiro atoms. The molecule has 0 saturated heterocycles. The molecular formula is C30H57NO. The molecule has 0 aliphatic heterocycles. The van der Waals surface area contributed by atoms with E-state index in [0.29, 0.717) is 0 Å². The molecule has 0 fully saturated rings. The van der Waals surface area contributed by atoms with Gasteiger partial charge in [-0.1, -0.05) is 128 Å². The molecule has 0 unspecified atom stereocenters. The number of unbranched alkanes of at least 4 members (excludes halogenated alkanes) is 17. The van der Waals surface area contributed by atoms with E-state index in [4.69, 9.17) is 0 Å². The summed E-state index contributed by atoms with van der Waals surface area (Å²) in [6.45, 7) is 10.7. The first-order valence-corrected chi connectivity index (χ1v) is 14.2. The molecular weight excluding hydrogens is 390 g/mol. The number of benzene rings is 1. The number of quaternary nitrogens is 1. The molecule has 188 valence electrons. The van der Waals surface area contributed by atoms with Crippen LogP contribution < -0.4 is 4.48 Å². The van der Waals surface area contributed by atoms with Crippen LogP contribution in [0.15, 0.2) is 30.3 Å². The summed E-state index contributed by atoms with van der Waals surface area (Å²) in [5.41, 5.74) is 1.50. The van der Waals surface area contributed by atoms with Crippen molar-refractivity contribution in [3.8, 4) is 0 Å². The van der Waals surface area contributed by atoms with E-state index in [1.807, 2.05) is 0 Å². The highest BCUT2D eigenvalue weighted by Gasteiger charge is 2.25. The molecule has 0 aromatic heterocycles. The van der Waals surface area contributed by atoms with Gasteiger partial charge in [-0.05, 0) is 38.8 Å². The Balaban J connectivity index is 0.00000961. The zero-order chi connectivity index (χ0) is 22.5. The molecule has 0 atom stereocenters. The quantitative estimate of drug-likeness (QED) is 0.128. The van der Waals surface area contributed by atoms with Gasteiger partial charge in [-0.25, -0.2) is 0 Å². The van der Waals surface area contributed by atoms with Gasteiger partial charge in [-0.3, -0.25) is 4.48 Å². The molecule has 0 aliphatic rings. The third-order valence-corrected chi connectivity index (χ3v) is 7.45. The molecule has 32 heavy (non-hydrogen) atoms. The zero-order valence-corrected chi connectivity index (χ0v) is 22.1. The molecule has 1 aromatic rings. The fourth-order valence-electron chi connectivity index (χ4n) is 5.09. The van der Waals surface area contributed by atoms with Gasteiger partial charge >= 0.3 is 0 Å². The van der Waals surface area contributed by atoms with E-state index < -0.39 is 0 Å². The van der Waals surface area contributed by atoms with Crippen LogP contribution in [-0.2, 0) is 0 Å². The Hall–Kier alpha value is -0.860. The molecule has 2 heteroatoms. The lowest BCUT2D eigenvalue weighted by Crippen LogP contribution is -2.49. The van der Waals surface area contributed by atoms with E-state index in [1.54, 1.807) is 0 Å². The summed E-state index contributed by atoms with van der Waals surface area (Å²) in [5, 5.41) is 0. The van der Waals surface area contributed by atoms with Crippen LogP contribution in [0.5, 0.6) is 0 Å². The fraction of sp³-hybridized carbons (Fsp3) is 0.800. The second-order valence-corrected chi connectivity index (χ2v) is 9.85. The Morgan fingerprint density at radius 3 is 1.16 bits per heavy atom. The highest BCUT2D eigenvalue weighted by atomic mass is 16.0. The molecule has 1 aromatic carbocycles. The Labute approximate surface area is 202 Å². The van der Waals surface area contributed by atoms with E-state index in [-0.39, 0.29) is 5.48 Å². The lowest BCUT2D eigenvalue weighted by atomic mass is 10.0. The number of rotatable bonds is 22. The summed E-state index contributed by atoms with van der Waals surface area (Å²) in [6, 6.07) is 11.2. The number of hydrogen-bond donors (Lipinski definition) is 0. The van der Waals surface area contributed by atoms with Crippen LogP contribution in [0, 0.1) is 0 Å². The van der Waals surface area contributed by atoms with E-state index in [2.05, 4.69) is 51.1 Å². The van der Waals surface area contributed by atoms with Crippen LogP contribution in [0.3, 0.4) is 0 Å². The average molecular weight is 448 g/mol. The molecule has 0 heterocycles. The second kappa shape index (κ2) is 22.0. The van der Waals surface area contributed by atoms with Crippen LogP contribution in [-0.4, -0.2) is 25.1 Å². The maximum absolute atomic E-state index is 2.35. The average Bonchev–Trinajstić information content (AvgIpc) is 2.81. The molecule has 0 bridgehead atoms. The van der Waals surface area contributed by atoms with Gasteiger partial charge in [0.05, 0.1) is 19.6 Å². The smallest absolute Gasteiger partial charge is 0.132 e. The minimum absolute atomic E-state index is 0. The van der Waals surface area contributed by atoms with Crippen molar-refractivity contribution in [3.63, 3.8) is 0 Å². The summed E-state index contributed by atoms with van der Waals surface area (Å²) in [7, 11) is 0. The summed E-state index contributed by atoms with van der Waals surface area (Å²) >= 11 is 0. The van der Waals surface area contributed by atoms with Crippen LogP contribution in [0.25, 0.3) is 0 Å². The van der Waals surface area contributed by atoms with Crippen molar-refractivity contribution in [3.05, 3.63) is 30.3 Å². The first kappa shape index (κ1) is 31.1. The summed E-state index contributed by atoms with van der Waals surface area (Å²) in [4.78, 5) is 0. The lowest BCUT2D eigenvalue weighted by Gasteiger charge is -2.36. The summed E-state index contributed by atoms with van der Waals surface area (Å²) in [6.07, 6.45) is 26.1. The maximum Gasteiger partial charge on any atom is 0.132 e. The third kappa shape index (κ3) is 14.3. The van der Waals surface area contributed by atoms with E-state index >= 15 is 0 Å². The molecule has 1 rings (SSSR count). The third-order valence-electron chi connectivity index (χ3n) is 7.45. The van der Waals surface area contributed by atoms with Gasteiger partial charge < -0.3 is 5.48 Å². The SMILES string of the molecule is CCCCCCCCCCCCCCCCCCCC[N+](CC)(CC)c1ccccc1.[OH-]. The molecule has 0 radical (unpaired) electrons. The first-order valence-electron chi connectivity index (χ1n) is 14.2. The molecule has 0 aliphatic carbocycles. The first-order chi connectivity index (χ1) is 15.3. The largest absolute Gasteiger partial charge is 0.870 e. The Bertz CT molecular complexity index is 483. The van der Waals surface area contributed by atoms with Gasteiger partial charge in [0.25, 0.3) is 0 Å². The monoisotopic (exact) mass is 447 g/mol. The van der Waals surface area contributed by atoms with Crippen LogP contribution in [0.2, 0.25) is 0 Å². The van der Waals surface area contributed by atoms with Crippen molar-refractivity contribution in [2.75, 3.05) is 19.6 Å². The van der Waals surface area contributed by atoms with Gasteiger partial charge in [-0.2, -0.15) is 0 Å². The van der Waals surface area contributed by atoms with Crippen LogP contribution in [0.1, 0.15) is 136 Å². The van der Waals surface area contributed by atoms with Crippen LogP contribution >= 0.6 is 0 Å². The fourth-order valence-corrected chi connectivity index (χ4v) is 5.09. The Morgan fingerprint density at radius 1 is 0.469 bits per heavy atom. The molecule has 1 N–H and O–H groups in total. The van der Waals surface area contributed by atoms with Gasteiger partial charge in [0, 0.05) is 0 Å². The highest BCUT2D eigenvalue weighted by Crippen LogP contribution is 2.24. The molecule has 2 nitrogen and oxygen atoms in total. The van der Waals surface area contributed by atoms with Crippen molar-refractivity contribution in [2.24, 2.45) is 0 Å². The highest BCUT2D eigenvalue weighted by molar-refractivity contribution is 5.42. The Kier molecular flexibility index (Phi) is 21.4. The normalized spacial score (nSPS) is 11.5. The summed E-state index contributed by atoms with van der Waals surface area (Å²) in [5.74, 6) is 0. The topological polar surface area (TPSA) is 30.0 Å². The maximum atomic E-state index is 2.35. The standard InChI is InChI=1S/C30H56N.H2O/c1-4-7-8-9-10-11-12-13-14-15-16-17-18-19-20-21-22-26-29-31(5-2,6-3)30-27-24-23-25-28-30;/h23-25,27-28H,4-22,26,29H2,1-3H3;1H2/q+1;/p-1. The zero-order valence-electron chi connectivity index (χ0n) is 22.1. The van der Waals surface area contributed by atoms with Crippen molar-refractivity contribution in [2.45, 2.75) is 136 Å². The number of para-hydroxylation sites is 1. The molecule has 0 saturated carbocycles. The van der Waals surface area contributed by atoms with Gasteiger partial charge in [0.2, 0.25) is 0 Å². The van der Waals surface area contributed by atoms with Crippen molar-refractivity contribution in [1.29, 1.82) is 0 Å². The minimum atomic E-state index is 0. The lowest BCUT2D eigenvalue weighted by molar-refractivity contribution is 0.291. The predicted molar refractivity (Wildman–Crippen MR) is 145 cm³/mol. The van der Waals surface area contributed by atoms with Crippen molar-refractivity contribution < 1.29 is 5.48 Å². The van der Waals surface area contributed by atoms with Gasteiger partial charge in [0.1, 0.15) is 5.69 Å². The van der Waals surface area contributed by atoms with E-state index in [9.17, 15) is 0 Å². The number of nitrogens with zero attached hydrogens (tertiary/aromatic N) is 1. The number of hydrogen-bond acceptors (Lipinski definition) is 1. The van der Waals surface area contributed by atoms with Crippen LogP contribution in [0.4, 0.5) is 5.69 Å². The van der Waals surface area contributed by atoms with E-state index in [1.165, 1.54) is 141 Å². The second-order valence-electron chi connectivity index (χ2n) is 9.85. The van der Waals surface area contributed by atoms with Crippen molar-refractivity contribution >= 4 is 5.69 Å². The summed E-state index contributed by atoms with van der Waals surface area (Å²) < 4.78 is 1.15. The minimum Gasteiger partial charge on any atom is -0.870 e. The van der Waals surface area contributed by atoms with Gasteiger partial charge in [0.15, 0.2) is 0 Å². The van der Waals surface area contributed by atoms with E-state index in [0.717, 1.165) is 4.48 Å².